The van der Waals surface area contributed by atoms with Gasteiger partial charge in [0.05, 0.1) is 13.2 Å². The Morgan fingerprint density at radius 3 is 1.45 bits per heavy atom. The zero-order valence-corrected chi connectivity index (χ0v) is 32.6. The Bertz CT molecular complexity index is 825. The molecular formula is C39H76NO8P. The lowest BCUT2D eigenvalue weighted by molar-refractivity contribution is -0.161. The number of ether oxygens (including phenoxy) is 2. The van der Waals surface area contributed by atoms with Crippen LogP contribution in [0.25, 0.3) is 0 Å². The molecule has 0 radical (unpaired) electrons. The molecule has 10 heteroatoms. The largest absolute Gasteiger partial charge is 0.472 e. The van der Waals surface area contributed by atoms with Crippen molar-refractivity contribution >= 4 is 19.8 Å². The fourth-order valence-electron chi connectivity index (χ4n) is 5.63. The summed E-state index contributed by atoms with van der Waals surface area (Å²) in [6.07, 6.45) is 35.3. The summed E-state index contributed by atoms with van der Waals surface area (Å²) in [5, 5.41) is 0. The second kappa shape index (κ2) is 36.5. The summed E-state index contributed by atoms with van der Waals surface area (Å²) in [7, 11) is -4.37. The molecule has 0 fully saturated rings. The molecule has 0 bridgehead atoms. The highest BCUT2D eigenvalue weighted by Crippen LogP contribution is 2.43. The van der Waals surface area contributed by atoms with Gasteiger partial charge in [0.15, 0.2) is 6.10 Å². The fourth-order valence-corrected chi connectivity index (χ4v) is 6.39. The van der Waals surface area contributed by atoms with E-state index in [1.54, 1.807) is 0 Å². The van der Waals surface area contributed by atoms with Crippen LogP contribution in [0.2, 0.25) is 0 Å². The van der Waals surface area contributed by atoms with E-state index in [-0.39, 0.29) is 38.6 Å². The van der Waals surface area contributed by atoms with Crippen LogP contribution in [0, 0.1) is 0 Å². The quantitative estimate of drug-likeness (QED) is 0.0277. The average molecular weight is 718 g/mol. The van der Waals surface area contributed by atoms with Crippen molar-refractivity contribution in [2.75, 3.05) is 26.4 Å². The van der Waals surface area contributed by atoms with Crippen molar-refractivity contribution in [1.29, 1.82) is 0 Å². The summed E-state index contributed by atoms with van der Waals surface area (Å²) < 4.78 is 32.7. The van der Waals surface area contributed by atoms with E-state index < -0.39 is 26.5 Å². The van der Waals surface area contributed by atoms with Gasteiger partial charge in [0, 0.05) is 19.4 Å². The van der Waals surface area contributed by atoms with E-state index in [1.807, 2.05) is 0 Å². The Hall–Kier alpha value is -1.25. The van der Waals surface area contributed by atoms with Gasteiger partial charge in [-0.25, -0.2) is 4.57 Å². The molecule has 0 heterocycles. The number of carbonyl (C=O) groups excluding carboxylic acids is 2. The predicted molar refractivity (Wildman–Crippen MR) is 201 cm³/mol. The highest BCUT2D eigenvalue weighted by molar-refractivity contribution is 7.47. The number of hydrogen-bond donors (Lipinski definition) is 2. The number of nitrogens with two attached hydrogens (primary N) is 1. The van der Waals surface area contributed by atoms with Crippen LogP contribution in [-0.2, 0) is 32.7 Å². The number of esters is 2. The molecule has 0 aromatic heterocycles. The molecule has 0 spiro atoms. The third-order valence-electron chi connectivity index (χ3n) is 8.65. The zero-order valence-electron chi connectivity index (χ0n) is 31.7. The van der Waals surface area contributed by atoms with Gasteiger partial charge in [-0.2, -0.15) is 0 Å². The number of phosphoric ester groups is 1. The molecule has 0 aromatic rings. The van der Waals surface area contributed by atoms with Gasteiger partial charge in [0.25, 0.3) is 0 Å². The summed E-state index contributed by atoms with van der Waals surface area (Å²) >= 11 is 0. The Morgan fingerprint density at radius 1 is 0.592 bits per heavy atom. The molecule has 290 valence electrons. The molecule has 0 aliphatic carbocycles. The maximum Gasteiger partial charge on any atom is 0.472 e. The minimum absolute atomic E-state index is 0.0552. The average Bonchev–Trinajstić information content (AvgIpc) is 3.08. The monoisotopic (exact) mass is 718 g/mol. The minimum Gasteiger partial charge on any atom is -0.462 e. The lowest BCUT2D eigenvalue weighted by Crippen LogP contribution is -2.29. The smallest absolute Gasteiger partial charge is 0.462 e. The Labute approximate surface area is 300 Å². The summed E-state index contributed by atoms with van der Waals surface area (Å²) in [5.41, 5.74) is 5.33. The van der Waals surface area contributed by atoms with Crippen molar-refractivity contribution in [2.24, 2.45) is 5.73 Å². The number of phosphoric acid groups is 1. The van der Waals surface area contributed by atoms with Crippen LogP contribution in [0.5, 0.6) is 0 Å². The van der Waals surface area contributed by atoms with Gasteiger partial charge in [-0.05, 0) is 38.5 Å². The van der Waals surface area contributed by atoms with E-state index in [1.165, 1.54) is 116 Å². The van der Waals surface area contributed by atoms with Gasteiger partial charge >= 0.3 is 19.8 Å². The first-order valence-corrected chi connectivity index (χ1v) is 21.7. The van der Waals surface area contributed by atoms with Crippen molar-refractivity contribution in [3.8, 4) is 0 Å². The van der Waals surface area contributed by atoms with Gasteiger partial charge in [-0.15, -0.1) is 0 Å². The third kappa shape index (κ3) is 36.3. The summed E-state index contributed by atoms with van der Waals surface area (Å²) in [6, 6.07) is 0. The topological polar surface area (TPSA) is 134 Å². The number of unbranched alkanes of at least 4 members (excludes halogenated alkanes) is 23. The molecule has 0 rings (SSSR count). The molecule has 0 saturated heterocycles. The molecule has 49 heavy (non-hydrogen) atoms. The number of rotatable bonds is 38. The van der Waals surface area contributed by atoms with Crippen molar-refractivity contribution in [1.82, 2.24) is 0 Å². The highest BCUT2D eigenvalue weighted by atomic mass is 31.2. The van der Waals surface area contributed by atoms with Gasteiger partial charge in [-0.1, -0.05) is 154 Å². The summed E-state index contributed by atoms with van der Waals surface area (Å²) in [4.78, 5) is 34.7. The Kier molecular flexibility index (Phi) is 35.6. The van der Waals surface area contributed by atoms with Crippen LogP contribution in [0.3, 0.4) is 0 Å². The normalized spacial score (nSPS) is 13.5. The second-order valence-corrected chi connectivity index (χ2v) is 15.0. The summed E-state index contributed by atoms with van der Waals surface area (Å²) in [6.45, 7) is 3.72. The molecule has 0 aliphatic rings. The zero-order chi connectivity index (χ0) is 36.1. The lowest BCUT2D eigenvalue weighted by Gasteiger charge is -2.19. The number of allylic oxidation sites excluding steroid dienone is 2. The van der Waals surface area contributed by atoms with Gasteiger partial charge in [0.1, 0.15) is 6.61 Å². The van der Waals surface area contributed by atoms with Crippen molar-refractivity contribution < 1.29 is 37.6 Å². The lowest BCUT2D eigenvalue weighted by atomic mass is 10.1. The summed E-state index contributed by atoms with van der Waals surface area (Å²) in [5.74, 6) is -0.829. The van der Waals surface area contributed by atoms with Crippen LogP contribution in [0.15, 0.2) is 12.2 Å². The minimum atomic E-state index is -4.37. The fraction of sp³-hybridized carbons (Fsp3) is 0.897. The third-order valence-corrected chi connectivity index (χ3v) is 9.64. The molecule has 3 N–H and O–H groups in total. The maximum atomic E-state index is 12.5. The number of hydrogen-bond acceptors (Lipinski definition) is 8. The maximum absolute atomic E-state index is 12.5. The van der Waals surface area contributed by atoms with Crippen LogP contribution in [-0.4, -0.2) is 49.3 Å². The van der Waals surface area contributed by atoms with Crippen LogP contribution in [0.1, 0.15) is 194 Å². The van der Waals surface area contributed by atoms with Crippen LogP contribution < -0.4 is 5.73 Å². The van der Waals surface area contributed by atoms with Gasteiger partial charge in [-0.3, -0.25) is 18.6 Å². The molecule has 0 aromatic carbocycles. The first-order chi connectivity index (χ1) is 23.8. The number of carbonyl (C=O) groups is 2. The van der Waals surface area contributed by atoms with Crippen LogP contribution in [0.4, 0.5) is 0 Å². The molecule has 2 atom stereocenters. The Morgan fingerprint density at radius 2 is 1.00 bits per heavy atom. The molecule has 2 unspecified atom stereocenters. The van der Waals surface area contributed by atoms with Crippen molar-refractivity contribution in [2.45, 2.75) is 200 Å². The molecule has 9 nitrogen and oxygen atoms in total. The van der Waals surface area contributed by atoms with E-state index in [2.05, 4.69) is 26.0 Å². The van der Waals surface area contributed by atoms with Crippen molar-refractivity contribution in [3.63, 3.8) is 0 Å². The first kappa shape index (κ1) is 47.8. The molecule has 0 amide bonds. The van der Waals surface area contributed by atoms with E-state index in [0.717, 1.165) is 44.9 Å². The van der Waals surface area contributed by atoms with Gasteiger partial charge < -0.3 is 20.1 Å². The molecule has 0 aliphatic heterocycles. The SMILES string of the molecule is CCCCCCCCC/C=C\CCCCCCCCCC(=O)OC(COC(=O)CCCCCCCCCCCC)COP(=O)(O)OCCN. The predicted octanol–water partition coefficient (Wildman–Crippen LogP) is 11.1. The standard InChI is InChI=1S/C39H76NO8P/c1-3-5-7-9-11-13-15-16-17-18-19-20-21-22-24-26-28-30-32-39(42)48-37(36-47-49(43,44)46-34-33-40)35-45-38(41)31-29-27-25-23-14-12-10-8-6-4-2/h17-18,37H,3-16,19-36,40H2,1-2H3,(H,43,44)/b18-17-. The second-order valence-electron chi connectivity index (χ2n) is 13.5. The van der Waals surface area contributed by atoms with E-state index in [0.29, 0.717) is 6.42 Å². The highest BCUT2D eigenvalue weighted by Gasteiger charge is 2.26. The van der Waals surface area contributed by atoms with Crippen LogP contribution >= 0.6 is 7.82 Å². The van der Waals surface area contributed by atoms with Crippen molar-refractivity contribution in [3.05, 3.63) is 12.2 Å². The van der Waals surface area contributed by atoms with E-state index >= 15 is 0 Å². The first-order valence-electron chi connectivity index (χ1n) is 20.2. The van der Waals surface area contributed by atoms with Gasteiger partial charge in [0.2, 0.25) is 0 Å². The van der Waals surface area contributed by atoms with E-state index in [4.69, 9.17) is 24.3 Å². The molecular weight excluding hydrogens is 641 g/mol. The molecule has 0 saturated carbocycles. The Balaban J connectivity index is 4.14. The van der Waals surface area contributed by atoms with E-state index in [9.17, 15) is 19.0 Å².